The average Bonchev–Trinajstić information content (AvgIpc) is 3.41. The topological polar surface area (TPSA) is 133 Å². The molecule has 218 valence electrons. The number of halogens is 3. The zero-order valence-electron chi connectivity index (χ0n) is 23.6. The van der Waals surface area contributed by atoms with Crippen LogP contribution in [0.2, 0.25) is 0 Å². The number of hydrogen-bond donors (Lipinski definition) is 2. The summed E-state index contributed by atoms with van der Waals surface area (Å²) >= 11 is 0. The Hall–Kier alpha value is -5.17. The summed E-state index contributed by atoms with van der Waals surface area (Å²) in [5.41, 5.74) is 1.54. The summed E-state index contributed by atoms with van der Waals surface area (Å²) < 4.78 is 44.3. The van der Waals surface area contributed by atoms with Crippen molar-refractivity contribution in [2.75, 3.05) is 17.2 Å². The molecule has 1 atom stereocenters. The molecule has 1 aliphatic carbocycles. The lowest BCUT2D eigenvalue weighted by atomic mass is 9.96. The van der Waals surface area contributed by atoms with Gasteiger partial charge < -0.3 is 10.6 Å². The lowest BCUT2D eigenvalue weighted by molar-refractivity contribution is -0.182. The van der Waals surface area contributed by atoms with Gasteiger partial charge in [0.15, 0.2) is 5.54 Å². The van der Waals surface area contributed by atoms with Gasteiger partial charge in [0.05, 0.1) is 40.1 Å². The minimum Gasteiger partial charge on any atom is -0.383 e. The molecule has 1 unspecified atom stereocenters. The van der Waals surface area contributed by atoms with Crippen LogP contribution in [0.3, 0.4) is 0 Å². The molecule has 1 fully saturated rings. The second-order valence-electron chi connectivity index (χ2n) is 11.9. The summed E-state index contributed by atoms with van der Waals surface area (Å²) in [4.78, 5) is 4.40. The Balaban J connectivity index is 1.50. The van der Waals surface area contributed by atoms with Gasteiger partial charge in [-0.25, -0.2) is 9.20 Å². The lowest BCUT2D eigenvalue weighted by Gasteiger charge is -2.23. The van der Waals surface area contributed by atoms with Gasteiger partial charge in [-0.15, -0.1) is 5.10 Å². The largest absolute Gasteiger partial charge is 0.413 e. The molecule has 4 heterocycles. The number of anilines is 2. The molecule has 13 heteroatoms. The van der Waals surface area contributed by atoms with E-state index in [0.717, 1.165) is 4.68 Å². The number of hydrogen-bond acceptors (Lipinski definition) is 8. The predicted molar refractivity (Wildman–Crippen MR) is 153 cm³/mol. The molecule has 1 aromatic carbocycles. The Morgan fingerprint density at radius 3 is 2.53 bits per heavy atom. The molecule has 0 amide bonds. The van der Waals surface area contributed by atoms with Crippen molar-refractivity contribution in [3.8, 4) is 12.1 Å². The van der Waals surface area contributed by atoms with Gasteiger partial charge in [0.1, 0.15) is 17.8 Å². The summed E-state index contributed by atoms with van der Waals surface area (Å²) in [6.07, 6.45) is 1.57. The third kappa shape index (κ3) is 4.97. The number of alkyl halides is 3. The van der Waals surface area contributed by atoms with Crippen LogP contribution in [0.15, 0.2) is 55.1 Å². The Labute approximate surface area is 244 Å². The first-order valence-electron chi connectivity index (χ1n) is 13.6. The molecular formula is C30H27F3N10. The number of aromatic nitrogens is 6. The number of nitriles is 2. The SMILES string of the molecule is CC(C)(C)CNc1c(C#N)cnc2c(C#N)cc(NC(c3cn(C4(C(F)(F)F)CC4)nn3)c3cccn4nccc34)cc12. The molecule has 1 aliphatic rings. The fourth-order valence-corrected chi connectivity index (χ4v) is 5.18. The fourth-order valence-electron chi connectivity index (χ4n) is 5.18. The quantitative estimate of drug-likeness (QED) is 0.241. The highest BCUT2D eigenvalue weighted by atomic mass is 19.4. The van der Waals surface area contributed by atoms with Crippen molar-refractivity contribution >= 4 is 27.8 Å². The molecule has 2 N–H and O–H groups in total. The summed E-state index contributed by atoms with van der Waals surface area (Å²) in [6, 6.07) is 12.4. The Morgan fingerprint density at radius 1 is 1.09 bits per heavy atom. The third-order valence-corrected chi connectivity index (χ3v) is 7.60. The molecule has 0 bridgehead atoms. The second-order valence-corrected chi connectivity index (χ2v) is 11.9. The summed E-state index contributed by atoms with van der Waals surface area (Å²) in [6.45, 7) is 6.73. The molecule has 1 saturated carbocycles. The van der Waals surface area contributed by atoms with E-state index in [0.29, 0.717) is 45.5 Å². The standard InChI is InChI=1S/C30H27F3N10/c1-28(2,3)17-37-26-19(14-35)15-36-25-18(13-34)11-20(12-22(25)26)39-27(21-5-4-10-42-24(21)6-9-38-42)23-16-43(41-40-23)29(7-8-29)30(31,32)33/h4-6,9-12,15-16,27,39H,7-8,17H2,1-3H3,(H,36,37). The van der Waals surface area contributed by atoms with E-state index in [-0.39, 0.29) is 29.5 Å². The van der Waals surface area contributed by atoms with E-state index in [1.165, 1.54) is 12.4 Å². The maximum atomic E-state index is 13.9. The fraction of sp³-hybridized carbons (Fsp3) is 0.333. The summed E-state index contributed by atoms with van der Waals surface area (Å²) in [5, 5.41) is 39.6. The molecule has 4 aromatic heterocycles. The van der Waals surface area contributed by atoms with Crippen LogP contribution < -0.4 is 10.6 Å². The molecule has 0 saturated heterocycles. The number of benzene rings is 1. The van der Waals surface area contributed by atoms with E-state index >= 15 is 0 Å². The van der Waals surface area contributed by atoms with E-state index in [1.807, 2.05) is 6.07 Å². The van der Waals surface area contributed by atoms with Crippen LogP contribution >= 0.6 is 0 Å². The van der Waals surface area contributed by atoms with E-state index in [4.69, 9.17) is 0 Å². The Morgan fingerprint density at radius 2 is 1.86 bits per heavy atom. The third-order valence-electron chi connectivity index (χ3n) is 7.60. The molecule has 5 aromatic rings. The molecular weight excluding hydrogens is 557 g/mol. The van der Waals surface area contributed by atoms with Gasteiger partial charge in [0.2, 0.25) is 0 Å². The average molecular weight is 585 g/mol. The van der Waals surface area contributed by atoms with Crippen LogP contribution in [0.25, 0.3) is 16.4 Å². The monoisotopic (exact) mass is 584 g/mol. The molecule has 43 heavy (non-hydrogen) atoms. The van der Waals surface area contributed by atoms with E-state index in [9.17, 15) is 23.7 Å². The Bertz CT molecular complexity index is 1930. The van der Waals surface area contributed by atoms with Crippen molar-refractivity contribution < 1.29 is 13.2 Å². The van der Waals surface area contributed by atoms with Gasteiger partial charge in [-0.2, -0.15) is 28.8 Å². The minimum absolute atomic E-state index is 0.0651. The summed E-state index contributed by atoms with van der Waals surface area (Å²) in [5.74, 6) is 0. The first kappa shape index (κ1) is 28.0. The normalized spacial score (nSPS) is 15.2. The highest BCUT2D eigenvalue weighted by Gasteiger charge is 2.66. The first-order valence-corrected chi connectivity index (χ1v) is 13.6. The lowest BCUT2D eigenvalue weighted by Crippen LogP contribution is -2.35. The zero-order valence-corrected chi connectivity index (χ0v) is 23.6. The van der Waals surface area contributed by atoms with Crippen molar-refractivity contribution in [2.24, 2.45) is 5.41 Å². The molecule has 0 aliphatic heterocycles. The molecule has 0 radical (unpaired) electrons. The minimum atomic E-state index is -4.46. The van der Waals surface area contributed by atoms with Gasteiger partial charge in [-0.3, -0.25) is 4.98 Å². The second kappa shape index (κ2) is 9.98. The van der Waals surface area contributed by atoms with Gasteiger partial charge >= 0.3 is 6.18 Å². The number of fused-ring (bicyclic) bond motifs is 2. The van der Waals surface area contributed by atoms with E-state index in [1.54, 1.807) is 41.2 Å². The van der Waals surface area contributed by atoms with Crippen LogP contribution in [0.1, 0.15) is 62.0 Å². The van der Waals surface area contributed by atoms with Crippen molar-refractivity contribution in [3.05, 3.63) is 77.5 Å². The van der Waals surface area contributed by atoms with Gasteiger partial charge in [0.25, 0.3) is 0 Å². The number of pyridine rings is 2. The van der Waals surface area contributed by atoms with Crippen molar-refractivity contribution in [2.45, 2.75) is 51.4 Å². The van der Waals surface area contributed by atoms with Crippen LogP contribution in [-0.2, 0) is 5.54 Å². The maximum Gasteiger partial charge on any atom is 0.413 e. The number of rotatable bonds is 7. The number of nitrogens with one attached hydrogen (secondary N) is 2. The highest BCUT2D eigenvalue weighted by molar-refractivity contribution is 5.99. The first-order chi connectivity index (χ1) is 20.4. The van der Waals surface area contributed by atoms with Gasteiger partial charge in [0, 0.05) is 41.8 Å². The van der Waals surface area contributed by atoms with Crippen molar-refractivity contribution in [1.82, 2.24) is 29.6 Å². The van der Waals surface area contributed by atoms with Crippen LogP contribution in [0, 0.1) is 28.1 Å². The maximum absolute atomic E-state index is 13.9. The van der Waals surface area contributed by atoms with E-state index in [2.05, 4.69) is 63.9 Å². The van der Waals surface area contributed by atoms with E-state index < -0.39 is 17.8 Å². The van der Waals surface area contributed by atoms with Crippen LogP contribution in [0.4, 0.5) is 24.5 Å². The van der Waals surface area contributed by atoms with Crippen LogP contribution in [0.5, 0.6) is 0 Å². The molecule has 10 nitrogen and oxygen atoms in total. The zero-order chi connectivity index (χ0) is 30.6. The molecule has 0 spiro atoms. The smallest absolute Gasteiger partial charge is 0.383 e. The van der Waals surface area contributed by atoms with Crippen molar-refractivity contribution in [1.29, 1.82) is 10.5 Å². The van der Waals surface area contributed by atoms with Gasteiger partial charge in [-0.1, -0.05) is 32.1 Å². The van der Waals surface area contributed by atoms with Gasteiger partial charge in [-0.05, 0) is 42.5 Å². The summed E-state index contributed by atoms with van der Waals surface area (Å²) in [7, 11) is 0. The van der Waals surface area contributed by atoms with Crippen molar-refractivity contribution in [3.63, 3.8) is 0 Å². The predicted octanol–water partition coefficient (Wildman–Crippen LogP) is 5.93. The molecule has 6 rings (SSSR count). The number of nitrogens with zero attached hydrogens (tertiary/aromatic N) is 8. The highest BCUT2D eigenvalue weighted by Crippen LogP contribution is 2.55. The van der Waals surface area contributed by atoms with Crippen LogP contribution in [-0.4, -0.2) is 42.3 Å². The Kier molecular flexibility index (Phi) is 6.49.